The minimum Gasteiger partial charge on any atom is -0.348 e. The third kappa shape index (κ3) is 4.04. The molecule has 3 rings (SSSR count). The van der Waals surface area contributed by atoms with Crippen molar-refractivity contribution in [1.29, 1.82) is 0 Å². The van der Waals surface area contributed by atoms with Gasteiger partial charge in [0.05, 0.1) is 17.1 Å². The van der Waals surface area contributed by atoms with Gasteiger partial charge in [0, 0.05) is 24.1 Å². The zero-order valence-corrected chi connectivity index (χ0v) is 13.1. The van der Waals surface area contributed by atoms with Gasteiger partial charge < -0.3 is 10.6 Å². The summed E-state index contributed by atoms with van der Waals surface area (Å²) in [6.45, 7) is 0. The maximum absolute atomic E-state index is 12.1. The maximum Gasteiger partial charge on any atom is 0.254 e. The highest BCUT2D eigenvalue weighted by atomic mass is 32.2. The number of nitrogens with one attached hydrogen (secondary N) is 2. The fraction of sp³-hybridized carbons (Fsp3) is 0.267. The summed E-state index contributed by atoms with van der Waals surface area (Å²) in [5.41, 5.74) is 1.15. The Morgan fingerprint density at radius 3 is 2.43 bits per heavy atom. The Labute approximate surface area is 134 Å². The van der Waals surface area contributed by atoms with E-state index < -0.39 is 9.84 Å². The quantitative estimate of drug-likeness (QED) is 0.870. The zero-order valence-electron chi connectivity index (χ0n) is 12.3. The van der Waals surface area contributed by atoms with Crippen LogP contribution in [0.15, 0.2) is 42.7 Å². The lowest BCUT2D eigenvalue weighted by Gasteiger charge is -2.10. The molecule has 2 aromatic rings. The Kier molecular flexibility index (Phi) is 4.24. The molecule has 1 aromatic heterocycles. The minimum absolute atomic E-state index is 0.00670. The van der Waals surface area contributed by atoms with Crippen LogP contribution >= 0.6 is 0 Å². The molecule has 120 valence electrons. The lowest BCUT2D eigenvalue weighted by Crippen LogP contribution is -2.35. The molecule has 1 atom stereocenters. The van der Waals surface area contributed by atoms with Gasteiger partial charge in [-0.2, -0.15) is 0 Å². The van der Waals surface area contributed by atoms with E-state index in [0.29, 0.717) is 17.9 Å². The summed E-state index contributed by atoms with van der Waals surface area (Å²) in [5.74, 6) is 0.135. The predicted molar refractivity (Wildman–Crippen MR) is 86.3 cm³/mol. The first-order valence-corrected chi connectivity index (χ1v) is 8.99. The van der Waals surface area contributed by atoms with Crippen molar-refractivity contribution in [3.05, 3.63) is 48.3 Å². The highest BCUT2D eigenvalue weighted by Crippen LogP contribution is 2.13. The SMILES string of the molecule is O=C(NC1CCS(=O)(=O)C1)c1cnc(Nc2ccccc2)nc1. The van der Waals surface area contributed by atoms with E-state index >= 15 is 0 Å². The smallest absolute Gasteiger partial charge is 0.254 e. The van der Waals surface area contributed by atoms with E-state index in [1.807, 2.05) is 30.3 Å². The second-order valence-electron chi connectivity index (χ2n) is 5.36. The summed E-state index contributed by atoms with van der Waals surface area (Å²) in [7, 11) is -3.02. The van der Waals surface area contributed by atoms with Gasteiger partial charge in [-0.25, -0.2) is 18.4 Å². The first-order valence-electron chi connectivity index (χ1n) is 7.17. The van der Waals surface area contributed by atoms with E-state index in [0.717, 1.165) is 5.69 Å². The molecule has 0 saturated carbocycles. The molecule has 0 radical (unpaired) electrons. The summed E-state index contributed by atoms with van der Waals surface area (Å²) in [6.07, 6.45) is 3.27. The normalized spacial score (nSPS) is 19.2. The highest BCUT2D eigenvalue weighted by Gasteiger charge is 2.29. The Bertz CT molecular complexity index is 791. The lowest BCUT2D eigenvalue weighted by atomic mass is 10.2. The van der Waals surface area contributed by atoms with Crippen LogP contribution in [0.5, 0.6) is 0 Å². The third-order valence-electron chi connectivity index (χ3n) is 3.51. The van der Waals surface area contributed by atoms with Crippen molar-refractivity contribution >= 4 is 27.4 Å². The topological polar surface area (TPSA) is 101 Å². The number of para-hydroxylation sites is 1. The van der Waals surface area contributed by atoms with Gasteiger partial charge in [0.1, 0.15) is 0 Å². The molecule has 1 fully saturated rings. The van der Waals surface area contributed by atoms with Crippen molar-refractivity contribution in [3.8, 4) is 0 Å². The van der Waals surface area contributed by atoms with E-state index in [-0.39, 0.29) is 23.5 Å². The third-order valence-corrected chi connectivity index (χ3v) is 5.28. The van der Waals surface area contributed by atoms with Crippen LogP contribution in [0, 0.1) is 0 Å². The van der Waals surface area contributed by atoms with Crippen LogP contribution in [0.4, 0.5) is 11.6 Å². The Balaban J connectivity index is 1.62. The van der Waals surface area contributed by atoms with Crippen LogP contribution in [0.1, 0.15) is 16.8 Å². The second-order valence-corrected chi connectivity index (χ2v) is 7.59. The van der Waals surface area contributed by atoms with E-state index in [1.54, 1.807) is 0 Å². The van der Waals surface area contributed by atoms with Gasteiger partial charge in [-0.3, -0.25) is 4.79 Å². The Hall–Kier alpha value is -2.48. The predicted octanol–water partition coefficient (Wildman–Crippen LogP) is 1.14. The number of anilines is 2. The van der Waals surface area contributed by atoms with Crippen LogP contribution < -0.4 is 10.6 Å². The molecular formula is C15H16N4O3S. The van der Waals surface area contributed by atoms with E-state index in [1.165, 1.54) is 12.4 Å². The van der Waals surface area contributed by atoms with Crippen molar-refractivity contribution in [2.45, 2.75) is 12.5 Å². The van der Waals surface area contributed by atoms with Gasteiger partial charge in [0.25, 0.3) is 5.91 Å². The molecule has 23 heavy (non-hydrogen) atoms. The fourth-order valence-corrected chi connectivity index (χ4v) is 4.01. The zero-order chi connectivity index (χ0) is 16.3. The van der Waals surface area contributed by atoms with Gasteiger partial charge in [0.2, 0.25) is 5.95 Å². The number of carbonyl (C=O) groups is 1. The summed E-state index contributed by atoms with van der Waals surface area (Å²) in [4.78, 5) is 20.3. The number of amides is 1. The first kappa shape index (κ1) is 15.4. The van der Waals surface area contributed by atoms with Crippen LogP contribution in [0.25, 0.3) is 0 Å². The number of nitrogens with zero attached hydrogens (tertiary/aromatic N) is 2. The molecule has 0 aliphatic carbocycles. The molecule has 2 heterocycles. The number of sulfone groups is 1. The molecule has 1 aromatic carbocycles. The maximum atomic E-state index is 12.1. The average molecular weight is 332 g/mol. The fourth-order valence-electron chi connectivity index (χ4n) is 2.34. The van der Waals surface area contributed by atoms with Crippen LogP contribution in [-0.4, -0.2) is 41.8 Å². The minimum atomic E-state index is -3.02. The molecule has 1 amide bonds. The number of hydrogen-bond donors (Lipinski definition) is 2. The molecule has 8 heteroatoms. The van der Waals surface area contributed by atoms with Crippen molar-refractivity contribution in [3.63, 3.8) is 0 Å². The van der Waals surface area contributed by atoms with Gasteiger partial charge in [0.15, 0.2) is 9.84 Å². The van der Waals surface area contributed by atoms with Crippen molar-refractivity contribution in [2.75, 3.05) is 16.8 Å². The number of aromatic nitrogens is 2. The molecule has 2 N–H and O–H groups in total. The lowest BCUT2D eigenvalue weighted by molar-refractivity contribution is 0.0940. The molecule has 1 aliphatic heterocycles. The largest absolute Gasteiger partial charge is 0.348 e. The number of benzene rings is 1. The molecule has 1 unspecified atom stereocenters. The van der Waals surface area contributed by atoms with Crippen molar-refractivity contribution in [1.82, 2.24) is 15.3 Å². The van der Waals surface area contributed by atoms with Crippen LogP contribution in [-0.2, 0) is 9.84 Å². The van der Waals surface area contributed by atoms with Gasteiger partial charge in [-0.15, -0.1) is 0 Å². The van der Waals surface area contributed by atoms with Gasteiger partial charge >= 0.3 is 0 Å². The molecule has 0 bridgehead atoms. The summed E-state index contributed by atoms with van der Waals surface area (Å²) >= 11 is 0. The van der Waals surface area contributed by atoms with E-state index in [9.17, 15) is 13.2 Å². The Morgan fingerprint density at radius 1 is 1.13 bits per heavy atom. The summed E-state index contributed by atoms with van der Waals surface area (Å²) < 4.78 is 22.8. The molecule has 1 saturated heterocycles. The number of carbonyl (C=O) groups excluding carboxylic acids is 1. The van der Waals surface area contributed by atoms with Crippen LogP contribution in [0.2, 0.25) is 0 Å². The monoisotopic (exact) mass is 332 g/mol. The molecule has 0 spiro atoms. The summed E-state index contributed by atoms with van der Waals surface area (Å²) in [6, 6.07) is 9.10. The van der Waals surface area contributed by atoms with Gasteiger partial charge in [-0.05, 0) is 18.6 Å². The molecule has 1 aliphatic rings. The first-order chi connectivity index (χ1) is 11.0. The second kappa shape index (κ2) is 6.33. The van der Waals surface area contributed by atoms with Gasteiger partial charge in [-0.1, -0.05) is 18.2 Å². The average Bonchev–Trinajstić information content (AvgIpc) is 2.88. The number of rotatable bonds is 4. The van der Waals surface area contributed by atoms with E-state index in [4.69, 9.17) is 0 Å². The number of hydrogen-bond acceptors (Lipinski definition) is 6. The highest BCUT2D eigenvalue weighted by molar-refractivity contribution is 7.91. The standard InChI is InChI=1S/C15H16N4O3S/c20-14(18-13-6-7-23(21,22)10-13)11-8-16-15(17-9-11)19-12-4-2-1-3-5-12/h1-5,8-9,13H,6-7,10H2,(H,18,20)(H,16,17,19). The van der Waals surface area contributed by atoms with Crippen molar-refractivity contribution in [2.24, 2.45) is 0 Å². The Morgan fingerprint density at radius 2 is 1.83 bits per heavy atom. The van der Waals surface area contributed by atoms with Crippen LogP contribution in [0.3, 0.4) is 0 Å². The van der Waals surface area contributed by atoms with Crippen molar-refractivity contribution < 1.29 is 13.2 Å². The van der Waals surface area contributed by atoms with E-state index in [2.05, 4.69) is 20.6 Å². The molecule has 7 nitrogen and oxygen atoms in total. The summed E-state index contributed by atoms with van der Waals surface area (Å²) in [5, 5.41) is 5.72. The molecular weight excluding hydrogens is 316 g/mol.